The molecule has 0 fully saturated rings. The van der Waals surface area contributed by atoms with Crippen LogP contribution in [0.1, 0.15) is 60.5 Å². The second kappa shape index (κ2) is 10.7. The van der Waals surface area contributed by atoms with E-state index in [1.165, 1.54) is 22.3 Å². The molecule has 48 heavy (non-hydrogen) atoms. The molecule has 0 aliphatic carbocycles. The summed E-state index contributed by atoms with van der Waals surface area (Å²) in [6.07, 6.45) is 0. The predicted octanol–water partition coefficient (Wildman–Crippen LogP) is 12.1. The standard InChI is InChI=1S/C43H35N3O2/c1-24(2)32-22-28(27-14-7-6-8-15-27)23-33(25(3)4)39(32)46-35-20-11-10-19-34(35)45-42(46)31-18-13-17-30-38-37-29-16-9-12-21-36(29)47-40(37)26(5)44-43(38)48-41(30)31/h6-25H,1-5H3/i5D3. The lowest BCUT2D eigenvalue weighted by Crippen LogP contribution is -2.09. The normalized spacial score (nSPS) is 13.4. The summed E-state index contributed by atoms with van der Waals surface area (Å²) in [6, 6.07) is 37.1. The van der Waals surface area contributed by atoms with Gasteiger partial charge in [-0.3, -0.25) is 4.57 Å². The maximum atomic E-state index is 8.34. The minimum Gasteiger partial charge on any atom is -0.454 e. The molecule has 5 aromatic carbocycles. The van der Waals surface area contributed by atoms with Crippen molar-refractivity contribution in [1.29, 1.82) is 0 Å². The summed E-state index contributed by atoms with van der Waals surface area (Å²) in [5.74, 6) is 1.16. The lowest BCUT2D eigenvalue weighted by atomic mass is 9.88. The number of hydrogen-bond donors (Lipinski definition) is 0. The van der Waals surface area contributed by atoms with Crippen molar-refractivity contribution in [2.45, 2.75) is 46.4 Å². The molecule has 5 nitrogen and oxygen atoms in total. The lowest BCUT2D eigenvalue weighted by Gasteiger charge is -2.24. The van der Waals surface area contributed by atoms with Gasteiger partial charge in [-0.15, -0.1) is 0 Å². The molecule has 0 N–H and O–H groups in total. The Morgan fingerprint density at radius 2 is 1.35 bits per heavy atom. The molecule has 0 saturated heterocycles. The predicted molar refractivity (Wildman–Crippen MR) is 197 cm³/mol. The first-order valence-corrected chi connectivity index (χ1v) is 16.5. The SMILES string of the molecule is [2H]C([2H])([2H])c1nc2oc3c(-c4nc5ccccc5n4-c4c(C(C)C)cc(-c5ccccc5)cc4C(C)C)cccc3c2c2c1oc1ccccc12. The van der Waals surface area contributed by atoms with Crippen LogP contribution in [0.5, 0.6) is 0 Å². The quantitative estimate of drug-likeness (QED) is 0.190. The molecule has 4 heterocycles. The van der Waals surface area contributed by atoms with Gasteiger partial charge < -0.3 is 8.83 Å². The van der Waals surface area contributed by atoms with E-state index < -0.39 is 6.85 Å². The molecule has 234 valence electrons. The Morgan fingerprint density at radius 1 is 0.646 bits per heavy atom. The van der Waals surface area contributed by atoms with E-state index in [0.717, 1.165) is 44.3 Å². The van der Waals surface area contributed by atoms with Crippen LogP contribution in [0.15, 0.2) is 118 Å². The molecule has 5 heteroatoms. The molecule has 0 unspecified atom stereocenters. The second-order valence-electron chi connectivity index (χ2n) is 13.2. The molecule has 0 aliphatic rings. The topological polar surface area (TPSA) is 57.0 Å². The minimum atomic E-state index is -2.51. The first-order valence-electron chi connectivity index (χ1n) is 18.0. The van der Waals surface area contributed by atoms with Crippen molar-refractivity contribution in [3.05, 3.63) is 126 Å². The van der Waals surface area contributed by atoms with Crippen molar-refractivity contribution in [2.75, 3.05) is 0 Å². The Kier molecular flexibility index (Phi) is 5.65. The molecular formula is C43H35N3O2. The number of imidazole rings is 1. The average Bonchev–Trinajstić information content (AvgIpc) is 3.81. The van der Waals surface area contributed by atoms with Crippen LogP contribution in [-0.4, -0.2) is 14.5 Å². The summed E-state index contributed by atoms with van der Waals surface area (Å²) in [6.45, 7) is 6.45. The summed E-state index contributed by atoms with van der Waals surface area (Å²) in [7, 11) is 0. The Morgan fingerprint density at radius 3 is 2.12 bits per heavy atom. The fourth-order valence-electron chi connectivity index (χ4n) is 7.26. The van der Waals surface area contributed by atoms with E-state index in [9.17, 15) is 0 Å². The monoisotopic (exact) mass is 628 g/mol. The van der Waals surface area contributed by atoms with Gasteiger partial charge in [-0.1, -0.05) is 100 Å². The van der Waals surface area contributed by atoms with Gasteiger partial charge in [0.05, 0.1) is 33.4 Å². The summed E-state index contributed by atoms with van der Waals surface area (Å²) in [5.41, 5.74) is 10.1. The van der Waals surface area contributed by atoms with E-state index in [-0.39, 0.29) is 28.8 Å². The van der Waals surface area contributed by atoms with Gasteiger partial charge >= 0.3 is 0 Å². The highest BCUT2D eigenvalue weighted by Crippen LogP contribution is 2.45. The maximum Gasteiger partial charge on any atom is 0.228 e. The molecule has 9 aromatic rings. The highest BCUT2D eigenvalue weighted by molar-refractivity contribution is 6.26. The number of benzene rings is 5. The Balaban J connectivity index is 1.40. The van der Waals surface area contributed by atoms with E-state index in [0.29, 0.717) is 16.6 Å². The molecule has 0 amide bonds. The molecule has 0 bridgehead atoms. The van der Waals surface area contributed by atoms with E-state index in [2.05, 4.69) is 85.8 Å². The van der Waals surface area contributed by atoms with Crippen molar-refractivity contribution >= 4 is 55.0 Å². The number of rotatable bonds is 5. The van der Waals surface area contributed by atoms with Crippen molar-refractivity contribution in [2.24, 2.45) is 0 Å². The van der Waals surface area contributed by atoms with Crippen molar-refractivity contribution < 1.29 is 12.9 Å². The zero-order chi connectivity index (χ0) is 35.2. The van der Waals surface area contributed by atoms with E-state index in [1.54, 1.807) is 0 Å². The van der Waals surface area contributed by atoms with Crippen LogP contribution in [0, 0.1) is 6.85 Å². The number of aromatic nitrogens is 3. The smallest absolute Gasteiger partial charge is 0.228 e. The molecule has 0 atom stereocenters. The first-order chi connectivity index (χ1) is 24.6. The fraction of sp³-hybridized carbons (Fsp3) is 0.163. The van der Waals surface area contributed by atoms with Gasteiger partial charge in [0, 0.05) is 20.3 Å². The van der Waals surface area contributed by atoms with Crippen LogP contribution in [0.4, 0.5) is 0 Å². The summed E-state index contributed by atoms with van der Waals surface area (Å²) >= 11 is 0. The summed E-state index contributed by atoms with van der Waals surface area (Å²) < 4.78 is 40.2. The van der Waals surface area contributed by atoms with E-state index in [4.69, 9.17) is 17.9 Å². The average molecular weight is 629 g/mol. The molecular weight excluding hydrogens is 590 g/mol. The number of hydrogen-bond acceptors (Lipinski definition) is 4. The van der Waals surface area contributed by atoms with Gasteiger partial charge in [-0.05, 0) is 77.3 Å². The number of pyridine rings is 1. The molecule has 0 radical (unpaired) electrons. The largest absolute Gasteiger partial charge is 0.454 e. The Bertz CT molecular complexity index is 2780. The molecule has 9 rings (SSSR count). The highest BCUT2D eigenvalue weighted by Gasteiger charge is 2.27. The molecule has 0 aliphatic heterocycles. The third-order valence-corrected chi connectivity index (χ3v) is 9.52. The third-order valence-electron chi connectivity index (χ3n) is 9.52. The van der Waals surface area contributed by atoms with Gasteiger partial charge in [-0.25, -0.2) is 9.97 Å². The van der Waals surface area contributed by atoms with Crippen molar-refractivity contribution in [3.63, 3.8) is 0 Å². The Hall–Kier alpha value is -5.68. The lowest BCUT2D eigenvalue weighted by molar-refractivity contribution is 0.645. The number of para-hydroxylation sites is 4. The van der Waals surface area contributed by atoms with Gasteiger partial charge in [-0.2, -0.15) is 0 Å². The maximum absolute atomic E-state index is 8.34. The van der Waals surface area contributed by atoms with Crippen LogP contribution in [0.3, 0.4) is 0 Å². The van der Waals surface area contributed by atoms with Crippen LogP contribution >= 0.6 is 0 Å². The van der Waals surface area contributed by atoms with Crippen LogP contribution in [0.2, 0.25) is 0 Å². The number of aryl methyl sites for hydroxylation is 1. The zero-order valence-electron chi connectivity index (χ0n) is 30.2. The van der Waals surface area contributed by atoms with Crippen LogP contribution in [0.25, 0.3) is 83.2 Å². The van der Waals surface area contributed by atoms with Crippen molar-refractivity contribution in [3.8, 4) is 28.2 Å². The van der Waals surface area contributed by atoms with Gasteiger partial charge in [0.25, 0.3) is 0 Å². The first kappa shape index (κ1) is 25.4. The summed E-state index contributed by atoms with van der Waals surface area (Å²) in [4.78, 5) is 9.92. The van der Waals surface area contributed by atoms with E-state index in [1.807, 2.05) is 60.7 Å². The number of furan rings is 2. The van der Waals surface area contributed by atoms with Crippen LogP contribution in [-0.2, 0) is 0 Å². The van der Waals surface area contributed by atoms with Crippen LogP contribution < -0.4 is 0 Å². The van der Waals surface area contributed by atoms with Gasteiger partial charge in [0.2, 0.25) is 5.71 Å². The molecule has 0 spiro atoms. The number of nitrogens with zero attached hydrogens (tertiary/aromatic N) is 3. The molecule has 0 saturated carbocycles. The van der Waals surface area contributed by atoms with E-state index >= 15 is 0 Å². The third kappa shape index (κ3) is 4.17. The van der Waals surface area contributed by atoms with Crippen molar-refractivity contribution in [1.82, 2.24) is 14.5 Å². The Labute approximate surface area is 282 Å². The minimum absolute atomic E-state index is 0.115. The second-order valence-corrected chi connectivity index (χ2v) is 13.2. The highest BCUT2D eigenvalue weighted by atomic mass is 16.3. The fourth-order valence-corrected chi connectivity index (χ4v) is 7.26. The van der Waals surface area contributed by atoms with Gasteiger partial charge in [0.1, 0.15) is 17.0 Å². The summed E-state index contributed by atoms with van der Waals surface area (Å²) in [5, 5.41) is 3.04. The molecule has 4 aromatic heterocycles. The number of fused-ring (bicyclic) bond motifs is 8. The zero-order valence-corrected chi connectivity index (χ0v) is 27.2. The van der Waals surface area contributed by atoms with Gasteiger partial charge in [0.15, 0.2) is 5.58 Å².